The van der Waals surface area contributed by atoms with Crippen molar-refractivity contribution in [2.75, 3.05) is 6.61 Å². The normalized spacial score (nSPS) is 13.9. The Morgan fingerprint density at radius 1 is 1.20 bits per heavy atom. The summed E-state index contributed by atoms with van der Waals surface area (Å²) < 4.78 is 12.9. The van der Waals surface area contributed by atoms with Gasteiger partial charge < -0.3 is 15.7 Å². The number of benzene rings is 1. The van der Waals surface area contributed by atoms with E-state index in [2.05, 4.69) is 10.6 Å². The number of nitrogens with one attached hydrogen (secondary N) is 2. The topological polar surface area (TPSA) is 61.4 Å². The van der Waals surface area contributed by atoms with E-state index in [1.54, 1.807) is 19.1 Å². The smallest absolute Gasteiger partial charge is 0.315 e. The number of hydrogen-bond donors (Lipinski definition) is 3. The van der Waals surface area contributed by atoms with Crippen molar-refractivity contribution < 1.29 is 14.3 Å². The van der Waals surface area contributed by atoms with Crippen LogP contribution < -0.4 is 10.6 Å². The molecule has 2 amide bonds. The van der Waals surface area contributed by atoms with Crippen LogP contribution in [0, 0.1) is 11.7 Å². The van der Waals surface area contributed by atoms with E-state index in [0.29, 0.717) is 6.42 Å². The minimum absolute atomic E-state index is 0.0497. The van der Waals surface area contributed by atoms with Crippen LogP contribution in [0.5, 0.6) is 0 Å². The van der Waals surface area contributed by atoms with E-state index in [9.17, 15) is 9.18 Å². The summed E-state index contributed by atoms with van der Waals surface area (Å²) in [6.07, 6.45) is 0.638. The Morgan fingerprint density at radius 3 is 2.30 bits per heavy atom. The second-order valence-corrected chi connectivity index (χ2v) is 5.38. The molecule has 5 heteroatoms. The van der Waals surface area contributed by atoms with Gasteiger partial charge in [-0.2, -0.15) is 0 Å². The first kappa shape index (κ1) is 16.4. The first-order valence-electron chi connectivity index (χ1n) is 6.84. The van der Waals surface area contributed by atoms with E-state index in [4.69, 9.17) is 5.11 Å². The highest BCUT2D eigenvalue weighted by Crippen LogP contribution is 2.11. The number of amides is 2. The highest BCUT2D eigenvalue weighted by molar-refractivity contribution is 5.74. The summed E-state index contributed by atoms with van der Waals surface area (Å²) in [5.74, 6) is -0.0208. The second kappa shape index (κ2) is 7.85. The van der Waals surface area contributed by atoms with Gasteiger partial charge in [0.1, 0.15) is 5.82 Å². The van der Waals surface area contributed by atoms with Crippen LogP contribution in [0.2, 0.25) is 0 Å². The molecule has 0 spiro atoms. The fourth-order valence-corrected chi connectivity index (χ4v) is 1.81. The number of aliphatic hydroxyl groups is 1. The van der Waals surface area contributed by atoms with Gasteiger partial charge in [-0.3, -0.25) is 0 Å². The number of hydrogen-bond acceptors (Lipinski definition) is 2. The Kier molecular flexibility index (Phi) is 6.45. The Balaban J connectivity index is 2.60. The van der Waals surface area contributed by atoms with E-state index in [-0.39, 0.29) is 36.5 Å². The molecule has 0 fully saturated rings. The summed E-state index contributed by atoms with van der Waals surface area (Å²) in [5, 5.41) is 14.4. The van der Waals surface area contributed by atoms with Gasteiger partial charge in [-0.25, -0.2) is 9.18 Å². The number of rotatable bonds is 6. The zero-order valence-corrected chi connectivity index (χ0v) is 12.2. The maximum absolute atomic E-state index is 12.9. The van der Waals surface area contributed by atoms with Gasteiger partial charge in [0.2, 0.25) is 0 Å². The van der Waals surface area contributed by atoms with E-state index >= 15 is 0 Å². The molecule has 0 aliphatic rings. The summed E-state index contributed by atoms with van der Waals surface area (Å²) in [6, 6.07) is 5.65. The van der Waals surface area contributed by atoms with Crippen LogP contribution in [0.1, 0.15) is 26.3 Å². The van der Waals surface area contributed by atoms with Crippen molar-refractivity contribution in [1.82, 2.24) is 10.6 Å². The minimum atomic E-state index is -0.299. The van der Waals surface area contributed by atoms with Crippen molar-refractivity contribution in [2.45, 2.75) is 39.3 Å². The zero-order chi connectivity index (χ0) is 15.1. The molecule has 1 rings (SSSR count). The molecule has 2 atom stereocenters. The average Bonchev–Trinajstić information content (AvgIpc) is 2.40. The molecule has 1 aromatic carbocycles. The van der Waals surface area contributed by atoms with Gasteiger partial charge >= 0.3 is 6.03 Å². The molecule has 0 heterocycles. The van der Waals surface area contributed by atoms with Crippen LogP contribution in [-0.2, 0) is 6.42 Å². The Bertz CT molecular complexity index is 420. The molecule has 20 heavy (non-hydrogen) atoms. The van der Waals surface area contributed by atoms with Crippen molar-refractivity contribution in [3.63, 3.8) is 0 Å². The summed E-state index contributed by atoms with van der Waals surface area (Å²) in [5.41, 5.74) is 0.973. The lowest BCUT2D eigenvalue weighted by atomic mass is 9.96. The third-order valence-electron chi connectivity index (χ3n) is 3.14. The third kappa shape index (κ3) is 5.57. The van der Waals surface area contributed by atoms with Crippen molar-refractivity contribution >= 4 is 6.03 Å². The molecule has 0 saturated heterocycles. The van der Waals surface area contributed by atoms with Gasteiger partial charge in [-0.1, -0.05) is 26.0 Å². The fourth-order valence-electron chi connectivity index (χ4n) is 1.81. The average molecular weight is 282 g/mol. The van der Waals surface area contributed by atoms with Gasteiger partial charge in [0.15, 0.2) is 0 Å². The van der Waals surface area contributed by atoms with Crippen molar-refractivity contribution in [3.8, 4) is 0 Å². The molecule has 0 aliphatic heterocycles. The summed E-state index contributed by atoms with van der Waals surface area (Å²) in [7, 11) is 0. The zero-order valence-electron chi connectivity index (χ0n) is 12.2. The molecule has 0 aromatic heterocycles. The van der Waals surface area contributed by atoms with E-state index in [1.165, 1.54) is 12.1 Å². The summed E-state index contributed by atoms with van der Waals surface area (Å²) >= 11 is 0. The summed E-state index contributed by atoms with van der Waals surface area (Å²) in [4.78, 5) is 11.8. The molecule has 0 radical (unpaired) electrons. The lowest BCUT2D eigenvalue weighted by Gasteiger charge is -2.23. The number of halogens is 1. The van der Waals surface area contributed by atoms with E-state index in [0.717, 1.165) is 5.56 Å². The predicted octanol–water partition coefficient (Wildman–Crippen LogP) is 2.07. The van der Waals surface area contributed by atoms with Crippen LogP contribution in [0.4, 0.5) is 9.18 Å². The number of carbonyl (C=O) groups is 1. The van der Waals surface area contributed by atoms with Crippen LogP contribution in [-0.4, -0.2) is 29.8 Å². The van der Waals surface area contributed by atoms with Crippen molar-refractivity contribution in [2.24, 2.45) is 5.92 Å². The van der Waals surface area contributed by atoms with E-state index < -0.39 is 0 Å². The van der Waals surface area contributed by atoms with Crippen LogP contribution in [0.15, 0.2) is 24.3 Å². The van der Waals surface area contributed by atoms with Crippen LogP contribution >= 0.6 is 0 Å². The highest BCUT2D eigenvalue weighted by Gasteiger charge is 2.17. The molecule has 112 valence electrons. The molecule has 0 unspecified atom stereocenters. The lowest BCUT2D eigenvalue weighted by Crippen LogP contribution is -2.48. The molecule has 1 aromatic rings. The largest absolute Gasteiger partial charge is 0.394 e. The molecule has 4 nitrogen and oxygen atoms in total. The Hall–Kier alpha value is -1.62. The maximum Gasteiger partial charge on any atom is 0.315 e. The Morgan fingerprint density at radius 2 is 1.80 bits per heavy atom. The predicted molar refractivity (Wildman–Crippen MR) is 76.9 cm³/mol. The SMILES string of the molecule is CC(C)[C@@H](Cc1ccc(F)cc1)NC(=O)N[C@@H](C)CO. The second-order valence-electron chi connectivity index (χ2n) is 5.38. The molecule has 3 N–H and O–H groups in total. The number of carbonyl (C=O) groups excluding carboxylic acids is 1. The van der Waals surface area contributed by atoms with Crippen molar-refractivity contribution in [3.05, 3.63) is 35.6 Å². The Labute approximate surface area is 119 Å². The third-order valence-corrected chi connectivity index (χ3v) is 3.14. The monoisotopic (exact) mass is 282 g/mol. The van der Waals surface area contributed by atoms with Crippen molar-refractivity contribution in [1.29, 1.82) is 0 Å². The maximum atomic E-state index is 12.9. The fraction of sp³-hybridized carbons (Fsp3) is 0.533. The highest BCUT2D eigenvalue weighted by atomic mass is 19.1. The molecular weight excluding hydrogens is 259 g/mol. The molecule has 0 bridgehead atoms. The molecular formula is C15H23FN2O2. The van der Waals surface area contributed by atoms with Crippen LogP contribution in [0.25, 0.3) is 0 Å². The number of urea groups is 1. The standard InChI is InChI=1S/C15H23FN2O2/c1-10(2)14(18-15(20)17-11(3)9-19)8-12-4-6-13(16)7-5-12/h4-7,10-11,14,19H,8-9H2,1-3H3,(H2,17,18,20)/t11-,14+/m0/s1. The first-order chi connectivity index (χ1) is 9.42. The lowest BCUT2D eigenvalue weighted by molar-refractivity contribution is 0.214. The molecule has 0 saturated carbocycles. The van der Waals surface area contributed by atoms with Gasteiger partial charge in [0.25, 0.3) is 0 Å². The number of aliphatic hydroxyl groups excluding tert-OH is 1. The van der Waals surface area contributed by atoms with Gasteiger partial charge in [0.05, 0.1) is 12.6 Å². The van der Waals surface area contributed by atoms with Gasteiger partial charge in [0, 0.05) is 6.04 Å². The molecule has 0 aliphatic carbocycles. The van der Waals surface area contributed by atoms with Gasteiger partial charge in [-0.15, -0.1) is 0 Å². The van der Waals surface area contributed by atoms with Gasteiger partial charge in [-0.05, 0) is 37.0 Å². The van der Waals surface area contributed by atoms with Crippen LogP contribution in [0.3, 0.4) is 0 Å². The quantitative estimate of drug-likeness (QED) is 0.748. The first-order valence-corrected chi connectivity index (χ1v) is 6.84. The van der Waals surface area contributed by atoms with E-state index in [1.807, 2.05) is 13.8 Å². The minimum Gasteiger partial charge on any atom is -0.394 e. The summed E-state index contributed by atoms with van der Waals surface area (Å²) in [6.45, 7) is 5.66.